The number of carbonyl (C=O) groups is 1. The van der Waals surface area contributed by atoms with Gasteiger partial charge in [0.25, 0.3) is 0 Å². The average Bonchev–Trinajstić information content (AvgIpc) is 2.57. The normalized spacial score (nSPS) is 16.1. The van der Waals surface area contributed by atoms with Crippen LogP contribution in [-0.2, 0) is 4.79 Å². The summed E-state index contributed by atoms with van der Waals surface area (Å²) < 4.78 is 0.846. The fraction of sp³-hybridized carbons (Fsp3) is 0.545. The first kappa shape index (κ1) is 13.1. The maximum absolute atomic E-state index is 11.3. The zero-order valence-corrected chi connectivity index (χ0v) is 11.8. The summed E-state index contributed by atoms with van der Waals surface area (Å²) in [5.41, 5.74) is 0. The van der Waals surface area contributed by atoms with Crippen LogP contribution in [0.3, 0.4) is 0 Å². The standard InChI is InChI=1S/C11H16BrN5O/c1-2-13-11-15-7-8(12)10(16-11)17-5-3-9(18)14-4-6-17/h7H,2-6H2,1H3,(H,14,18)(H,13,15,16). The van der Waals surface area contributed by atoms with E-state index in [1.54, 1.807) is 6.20 Å². The van der Waals surface area contributed by atoms with Crippen molar-refractivity contribution < 1.29 is 4.79 Å². The van der Waals surface area contributed by atoms with Gasteiger partial charge in [0.1, 0.15) is 5.82 Å². The van der Waals surface area contributed by atoms with Gasteiger partial charge in [0.2, 0.25) is 11.9 Å². The molecule has 2 N–H and O–H groups in total. The summed E-state index contributed by atoms with van der Waals surface area (Å²) in [6.45, 7) is 4.85. The average molecular weight is 314 g/mol. The van der Waals surface area contributed by atoms with Crippen LogP contribution in [0.1, 0.15) is 13.3 Å². The highest BCUT2D eigenvalue weighted by molar-refractivity contribution is 9.10. The first-order valence-corrected chi connectivity index (χ1v) is 6.78. The molecule has 0 aromatic carbocycles. The Bertz CT molecular complexity index is 439. The van der Waals surface area contributed by atoms with Gasteiger partial charge in [0.15, 0.2) is 0 Å². The van der Waals surface area contributed by atoms with Crippen molar-refractivity contribution in [2.45, 2.75) is 13.3 Å². The highest BCUT2D eigenvalue weighted by Gasteiger charge is 2.17. The molecule has 1 aromatic heterocycles. The van der Waals surface area contributed by atoms with E-state index in [1.807, 2.05) is 6.92 Å². The molecule has 98 valence electrons. The molecule has 1 aliphatic heterocycles. The molecule has 0 bridgehead atoms. The van der Waals surface area contributed by atoms with Crippen LogP contribution in [0.15, 0.2) is 10.7 Å². The number of nitrogens with zero attached hydrogens (tertiary/aromatic N) is 3. The Kier molecular flexibility index (Phi) is 4.35. The van der Waals surface area contributed by atoms with Crippen molar-refractivity contribution in [3.63, 3.8) is 0 Å². The number of hydrogen-bond acceptors (Lipinski definition) is 5. The molecule has 0 aliphatic carbocycles. The van der Waals surface area contributed by atoms with Crippen LogP contribution in [-0.4, -0.2) is 42.1 Å². The maximum Gasteiger partial charge on any atom is 0.224 e. The number of halogens is 1. The van der Waals surface area contributed by atoms with E-state index in [4.69, 9.17) is 0 Å². The largest absolute Gasteiger partial charge is 0.354 e. The monoisotopic (exact) mass is 313 g/mol. The number of carbonyl (C=O) groups excluding carboxylic acids is 1. The van der Waals surface area contributed by atoms with E-state index in [9.17, 15) is 4.79 Å². The molecule has 1 aliphatic rings. The van der Waals surface area contributed by atoms with Crippen LogP contribution >= 0.6 is 15.9 Å². The Balaban J connectivity index is 2.20. The maximum atomic E-state index is 11.3. The van der Waals surface area contributed by atoms with Gasteiger partial charge in [-0.05, 0) is 22.9 Å². The molecule has 2 heterocycles. The van der Waals surface area contributed by atoms with Crippen molar-refractivity contribution in [1.82, 2.24) is 15.3 Å². The Morgan fingerprint density at radius 2 is 2.39 bits per heavy atom. The third-order valence-corrected chi connectivity index (χ3v) is 3.23. The van der Waals surface area contributed by atoms with Crippen LogP contribution in [0.5, 0.6) is 0 Å². The number of nitrogens with one attached hydrogen (secondary N) is 2. The zero-order valence-electron chi connectivity index (χ0n) is 10.2. The third kappa shape index (κ3) is 3.10. The number of rotatable bonds is 3. The topological polar surface area (TPSA) is 70.2 Å². The molecule has 0 radical (unpaired) electrons. The predicted octanol–water partition coefficient (Wildman–Crippen LogP) is 0.997. The number of hydrogen-bond donors (Lipinski definition) is 2. The number of anilines is 2. The van der Waals surface area contributed by atoms with Gasteiger partial charge >= 0.3 is 0 Å². The van der Waals surface area contributed by atoms with E-state index >= 15 is 0 Å². The van der Waals surface area contributed by atoms with E-state index in [-0.39, 0.29) is 5.91 Å². The van der Waals surface area contributed by atoms with Crippen LogP contribution in [0, 0.1) is 0 Å². The summed E-state index contributed by atoms with van der Waals surface area (Å²) in [4.78, 5) is 22.1. The minimum absolute atomic E-state index is 0.0922. The van der Waals surface area contributed by atoms with Gasteiger partial charge in [-0.1, -0.05) is 0 Å². The van der Waals surface area contributed by atoms with Crippen molar-refractivity contribution in [2.75, 3.05) is 36.4 Å². The van der Waals surface area contributed by atoms with Gasteiger partial charge in [-0.2, -0.15) is 4.98 Å². The highest BCUT2D eigenvalue weighted by Crippen LogP contribution is 2.24. The fourth-order valence-electron chi connectivity index (χ4n) is 1.80. The van der Waals surface area contributed by atoms with Gasteiger partial charge in [0, 0.05) is 38.8 Å². The minimum Gasteiger partial charge on any atom is -0.354 e. The number of aromatic nitrogens is 2. The van der Waals surface area contributed by atoms with Crippen molar-refractivity contribution in [3.05, 3.63) is 10.7 Å². The molecule has 2 rings (SSSR count). The first-order chi connectivity index (χ1) is 8.70. The lowest BCUT2D eigenvalue weighted by molar-refractivity contribution is -0.120. The molecule has 1 fully saturated rings. The lowest BCUT2D eigenvalue weighted by Gasteiger charge is -2.22. The number of amides is 1. The summed E-state index contributed by atoms with van der Waals surface area (Å²) in [5, 5.41) is 5.93. The molecular formula is C11H16BrN5O. The molecule has 1 saturated heterocycles. The molecule has 0 atom stereocenters. The predicted molar refractivity (Wildman–Crippen MR) is 73.7 cm³/mol. The Labute approximate surface area is 114 Å². The Morgan fingerprint density at radius 1 is 1.56 bits per heavy atom. The molecule has 1 aromatic rings. The molecule has 6 nitrogen and oxygen atoms in total. The summed E-state index contributed by atoms with van der Waals surface area (Å²) in [6, 6.07) is 0. The van der Waals surface area contributed by atoms with Gasteiger partial charge in [-0.15, -0.1) is 0 Å². The van der Waals surface area contributed by atoms with E-state index in [1.165, 1.54) is 0 Å². The fourth-order valence-corrected chi connectivity index (χ4v) is 2.24. The van der Waals surface area contributed by atoms with Crippen LogP contribution < -0.4 is 15.5 Å². The summed E-state index contributed by atoms with van der Waals surface area (Å²) >= 11 is 3.46. The highest BCUT2D eigenvalue weighted by atomic mass is 79.9. The van der Waals surface area contributed by atoms with E-state index in [0.29, 0.717) is 25.5 Å². The molecule has 7 heteroatoms. The molecule has 18 heavy (non-hydrogen) atoms. The zero-order chi connectivity index (χ0) is 13.0. The van der Waals surface area contributed by atoms with Crippen molar-refractivity contribution in [1.29, 1.82) is 0 Å². The molecule has 0 saturated carbocycles. The quantitative estimate of drug-likeness (QED) is 0.871. The van der Waals surface area contributed by atoms with E-state index in [2.05, 4.69) is 41.4 Å². The second-order valence-corrected chi connectivity index (χ2v) is 4.84. The van der Waals surface area contributed by atoms with Crippen molar-refractivity contribution >= 4 is 33.6 Å². The van der Waals surface area contributed by atoms with Gasteiger partial charge < -0.3 is 15.5 Å². The summed E-state index contributed by atoms with van der Waals surface area (Å²) in [5.74, 6) is 1.53. The molecule has 1 amide bonds. The van der Waals surface area contributed by atoms with Gasteiger partial charge in [0.05, 0.1) is 4.47 Å². The van der Waals surface area contributed by atoms with Crippen molar-refractivity contribution in [2.24, 2.45) is 0 Å². The molecule has 0 spiro atoms. The van der Waals surface area contributed by atoms with Gasteiger partial charge in [-0.3, -0.25) is 4.79 Å². The Hall–Kier alpha value is -1.37. The van der Waals surface area contributed by atoms with Crippen LogP contribution in [0.4, 0.5) is 11.8 Å². The SMILES string of the molecule is CCNc1ncc(Br)c(N2CCNC(=O)CC2)n1. The second kappa shape index (κ2) is 5.99. The first-order valence-electron chi connectivity index (χ1n) is 5.98. The third-order valence-electron chi connectivity index (χ3n) is 2.67. The van der Waals surface area contributed by atoms with Gasteiger partial charge in [-0.25, -0.2) is 4.98 Å². The minimum atomic E-state index is 0.0922. The van der Waals surface area contributed by atoms with Crippen LogP contribution in [0.25, 0.3) is 0 Å². The lowest BCUT2D eigenvalue weighted by Crippen LogP contribution is -2.29. The van der Waals surface area contributed by atoms with E-state index in [0.717, 1.165) is 23.4 Å². The van der Waals surface area contributed by atoms with Crippen LogP contribution in [0.2, 0.25) is 0 Å². The Morgan fingerprint density at radius 3 is 3.17 bits per heavy atom. The molecular weight excluding hydrogens is 298 g/mol. The molecule has 0 unspecified atom stereocenters. The summed E-state index contributed by atoms with van der Waals surface area (Å²) in [7, 11) is 0. The second-order valence-electron chi connectivity index (χ2n) is 3.98. The lowest BCUT2D eigenvalue weighted by atomic mass is 10.3. The van der Waals surface area contributed by atoms with Crippen molar-refractivity contribution in [3.8, 4) is 0 Å². The smallest absolute Gasteiger partial charge is 0.224 e. The summed E-state index contributed by atoms with van der Waals surface area (Å²) in [6.07, 6.45) is 2.23. The van der Waals surface area contributed by atoms with E-state index < -0.39 is 0 Å².